The minimum atomic E-state index is 0.246. The Labute approximate surface area is 170 Å². The van der Waals surface area contributed by atoms with E-state index in [0.29, 0.717) is 12.5 Å². The average molecular weight is 391 g/mol. The summed E-state index contributed by atoms with van der Waals surface area (Å²) in [6, 6.07) is 4.75. The molecule has 0 saturated heterocycles. The Bertz CT molecular complexity index is 605. The Kier molecular flexibility index (Phi) is 9.42. The van der Waals surface area contributed by atoms with E-state index in [4.69, 9.17) is 9.57 Å². The number of ether oxygens (including phenoxy) is 1. The van der Waals surface area contributed by atoms with Crippen LogP contribution in [0.5, 0.6) is 0 Å². The molecular weight excluding hydrogens is 352 g/mol. The molecule has 0 aromatic heterocycles. The third-order valence-electron chi connectivity index (χ3n) is 5.86. The number of carbonyl (C=O) groups is 1. The summed E-state index contributed by atoms with van der Waals surface area (Å²) in [6.07, 6.45) is 6.02. The quantitative estimate of drug-likeness (QED) is 0.402. The van der Waals surface area contributed by atoms with Crippen LogP contribution in [0.4, 0.5) is 0 Å². The summed E-state index contributed by atoms with van der Waals surface area (Å²) in [6.45, 7) is 9.45. The smallest absolute Gasteiger partial charge is 0.227 e. The van der Waals surface area contributed by atoms with Gasteiger partial charge in [-0.1, -0.05) is 17.7 Å². The number of nitrogens with zero attached hydrogens (tertiary/aromatic N) is 2. The predicted molar refractivity (Wildman–Crippen MR) is 113 cm³/mol. The maximum absolute atomic E-state index is 13.2. The van der Waals surface area contributed by atoms with E-state index in [1.54, 1.807) is 14.2 Å². The first-order chi connectivity index (χ1) is 13.5. The summed E-state index contributed by atoms with van der Waals surface area (Å²) in [5.74, 6) is 0.246. The third-order valence-corrected chi connectivity index (χ3v) is 5.86. The van der Waals surface area contributed by atoms with Crippen LogP contribution >= 0.6 is 0 Å². The molecule has 1 aliphatic rings. The number of benzene rings is 1. The number of hydrogen-bond donors (Lipinski definition) is 0. The minimum absolute atomic E-state index is 0.246. The van der Waals surface area contributed by atoms with E-state index in [1.165, 1.54) is 28.7 Å². The number of carbonyl (C=O) groups excluding carboxylic acids is 1. The Morgan fingerprint density at radius 2 is 1.71 bits per heavy atom. The molecule has 28 heavy (non-hydrogen) atoms. The highest BCUT2D eigenvalue weighted by Gasteiger charge is 2.29. The zero-order valence-electron chi connectivity index (χ0n) is 18.4. The molecule has 1 aliphatic carbocycles. The molecule has 1 aromatic carbocycles. The molecule has 0 unspecified atom stereocenters. The van der Waals surface area contributed by atoms with E-state index in [-0.39, 0.29) is 5.91 Å². The number of rotatable bonds is 12. The Hall–Kier alpha value is -1.43. The standard InChI is InChI=1S/C23H38N2O3/c1-18-15-19(2)22(20(3)16-18)17-23(26)25(21-9-8-10-21)13-12-24(28-5)11-6-7-14-27-4/h15-16,21H,6-14,17H2,1-5H3. The number of methoxy groups -OCH3 is 1. The zero-order chi connectivity index (χ0) is 20.5. The van der Waals surface area contributed by atoms with E-state index in [0.717, 1.165) is 51.9 Å². The van der Waals surface area contributed by atoms with Gasteiger partial charge in [0.25, 0.3) is 0 Å². The van der Waals surface area contributed by atoms with Crippen LogP contribution in [0.25, 0.3) is 0 Å². The molecule has 1 amide bonds. The van der Waals surface area contributed by atoms with Gasteiger partial charge in [-0.15, -0.1) is 0 Å². The summed E-state index contributed by atoms with van der Waals surface area (Å²) >= 11 is 0. The zero-order valence-corrected chi connectivity index (χ0v) is 18.4. The van der Waals surface area contributed by atoms with Crippen molar-refractivity contribution in [2.75, 3.05) is 40.5 Å². The molecule has 0 spiro atoms. The van der Waals surface area contributed by atoms with Crippen LogP contribution in [0.3, 0.4) is 0 Å². The molecule has 1 fully saturated rings. The van der Waals surface area contributed by atoms with Gasteiger partial charge in [-0.25, -0.2) is 0 Å². The maximum atomic E-state index is 13.2. The molecule has 2 rings (SSSR count). The van der Waals surface area contributed by atoms with Crippen LogP contribution in [-0.4, -0.2) is 62.4 Å². The lowest BCUT2D eigenvalue weighted by molar-refractivity contribution is -0.147. The summed E-state index contributed by atoms with van der Waals surface area (Å²) in [5.41, 5.74) is 4.88. The van der Waals surface area contributed by atoms with E-state index >= 15 is 0 Å². The van der Waals surface area contributed by atoms with Crippen LogP contribution in [0.1, 0.15) is 54.4 Å². The Balaban J connectivity index is 1.96. The molecule has 0 radical (unpaired) electrons. The van der Waals surface area contributed by atoms with Crippen molar-refractivity contribution in [3.8, 4) is 0 Å². The van der Waals surface area contributed by atoms with Gasteiger partial charge in [0.1, 0.15) is 0 Å². The van der Waals surface area contributed by atoms with Crippen molar-refractivity contribution in [3.63, 3.8) is 0 Å². The third kappa shape index (κ3) is 6.57. The van der Waals surface area contributed by atoms with Gasteiger partial charge in [0, 0.05) is 39.4 Å². The lowest BCUT2D eigenvalue weighted by atomic mass is 9.90. The predicted octanol–water partition coefficient (Wildman–Crippen LogP) is 3.83. The average Bonchev–Trinajstić information content (AvgIpc) is 2.61. The fraction of sp³-hybridized carbons (Fsp3) is 0.696. The molecular formula is C23H38N2O3. The normalized spacial score (nSPS) is 14.4. The van der Waals surface area contributed by atoms with Crippen molar-refractivity contribution >= 4 is 5.91 Å². The van der Waals surface area contributed by atoms with E-state index < -0.39 is 0 Å². The lowest BCUT2D eigenvalue weighted by Crippen LogP contribution is -2.48. The SMILES string of the molecule is COCCCCN(CCN(C(=O)Cc1c(C)cc(C)cc1C)C1CCC1)OC. The minimum Gasteiger partial charge on any atom is -0.385 e. The largest absolute Gasteiger partial charge is 0.385 e. The monoisotopic (exact) mass is 390 g/mol. The number of amides is 1. The molecule has 1 saturated carbocycles. The number of unbranched alkanes of at least 4 members (excludes halogenated alkanes) is 1. The van der Waals surface area contributed by atoms with Gasteiger partial charge in [0.2, 0.25) is 5.91 Å². The first-order valence-electron chi connectivity index (χ1n) is 10.6. The van der Waals surface area contributed by atoms with Crippen LogP contribution < -0.4 is 0 Å². The maximum Gasteiger partial charge on any atom is 0.227 e. The van der Waals surface area contributed by atoms with E-state index in [9.17, 15) is 4.79 Å². The fourth-order valence-electron chi connectivity index (χ4n) is 4.00. The molecule has 0 atom stereocenters. The molecule has 1 aromatic rings. The molecule has 0 heterocycles. The second-order valence-corrected chi connectivity index (χ2v) is 8.04. The van der Waals surface area contributed by atoms with Gasteiger partial charge in [-0.05, 0) is 69.6 Å². The van der Waals surface area contributed by atoms with Crippen molar-refractivity contribution in [1.82, 2.24) is 9.96 Å². The fourth-order valence-corrected chi connectivity index (χ4v) is 4.00. The van der Waals surface area contributed by atoms with Crippen molar-refractivity contribution in [2.45, 2.75) is 65.3 Å². The van der Waals surface area contributed by atoms with Crippen LogP contribution in [0.15, 0.2) is 12.1 Å². The molecule has 0 N–H and O–H groups in total. The summed E-state index contributed by atoms with van der Waals surface area (Å²) in [4.78, 5) is 20.8. The van der Waals surface area contributed by atoms with Crippen LogP contribution in [-0.2, 0) is 20.8 Å². The Morgan fingerprint density at radius 3 is 2.25 bits per heavy atom. The second-order valence-electron chi connectivity index (χ2n) is 8.04. The van der Waals surface area contributed by atoms with E-state index in [2.05, 4.69) is 37.8 Å². The van der Waals surface area contributed by atoms with Gasteiger partial charge in [-0.3, -0.25) is 4.79 Å². The van der Waals surface area contributed by atoms with Gasteiger partial charge in [0.15, 0.2) is 0 Å². The van der Waals surface area contributed by atoms with Crippen LogP contribution in [0, 0.1) is 20.8 Å². The Morgan fingerprint density at radius 1 is 1.04 bits per heavy atom. The van der Waals surface area contributed by atoms with Gasteiger partial charge >= 0.3 is 0 Å². The summed E-state index contributed by atoms with van der Waals surface area (Å²) < 4.78 is 5.11. The highest BCUT2D eigenvalue weighted by atomic mass is 16.7. The first-order valence-corrected chi connectivity index (χ1v) is 10.6. The lowest BCUT2D eigenvalue weighted by Gasteiger charge is -2.39. The first kappa shape index (κ1) is 22.9. The van der Waals surface area contributed by atoms with E-state index in [1.807, 2.05) is 5.06 Å². The highest BCUT2D eigenvalue weighted by Crippen LogP contribution is 2.26. The second kappa shape index (κ2) is 11.5. The van der Waals surface area contributed by atoms with Crippen molar-refractivity contribution in [3.05, 3.63) is 34.4 Å². The molecule has 0 aliphatic heterocycles. The number of hydroxylamine groups is 2. The highest BCUT2D eigenvalue weighted by molar-refractivity contribution is 5.80. The molecule has 0 bridgehead atoms. The van der Waals surface area contributed by atoms with Crippen LogP contribution in [0.2, 0.25) is 0 Å². The molecule has 5 heteroatoms. The topological polar surface area (TPSA) is 42.0 Å². The summed E-state index contributed by atoms with van der Waals surface area (Å²) in [5, 5.41) is 1.97. The molecule has 158 valence electrons. The molecule has 5 nitrogen and oxygen atoms in total. The summed E-state index contributed by atoms with van der Waals surface area (Å²) in [7, 11) is 3.44. The van der Waals surface area contributed by atoms with Gasteiger partial charge in [-0.2, -0.15) is 5.06 Å². The number of hydrogen-bond acceptors (Lipinski definition) is 4. The number of aryl methyl sites for hydroxylation is 3. The van der Waals surface area contributed by atoms with Crippen molar-refractivity contribution in [2.24, 2.45) is 0 Å². The van der Waals surface area contributed by atoms with Gasteiger partial charge < -0.3 is 14.5 Å². The van der Waals surface area contributed by atoms with Crippen molar-refractivity contribution < 1.29 is 14.4 Å². The van der Waals surface area contributed by atoms with Gasteiger partial charge in [0.05, 0.1) is 13.5 Å². The van der Waals surface area contributed by atoms with Crippen molar-refractivity contribution in [1.29, 1.82) is 0 Å².